The molecule has 0 spiro atoms. The van der Waals surface area contributed by atoms with Crippen LogP contribution in [0.4, 0.5) is 0 Å². The van der Waals surface area contributed by atoms with E-state index in [1.807, 2.05) is 18.3 Å². The van der Waals surface area contributed by atoms with E-state index in [4.69, 9.17) is 5.73 Å². The molecule has 1 saturated carbocycles. The van der Waals surface area contributed by atoms with Gasteiger partial charge < -0.3 is 15.4 Å². The Hall–Kier alpha value is -1.98. The van der Waals surface area contributed by atoms with E-state index in [-0.39, 0.29) is 12.1 Å². The summed E-state index contributed by atoms with van der Waals surface area (Å²) in [5, 5.41) is 12.7. The van der Waals surface area contributed by atoms with Gasteiger partial charge in [0.05, 0.1) is 17.7 Å². The number of fused-ring (bicyclic) bond motifs is 3. The highest BCUT2D eigenvalue weighted by Gasteiger charge is 2.32. The van der Waals surface area contributed by atoms with Crippen molar-refractivity contribution in [1.82, 2.24) is 14.5 Å². The molecule has 21 heavy (non-hydrogen) atoms. The minimum Gasteiger partial charge on any atom is -0.389 e. The fourth-order valence-electron chi connectivity index (χ4n) is 3.54. The lowest BCUT2D eigenvalue weighted by Crippen LogP contribution is -2.44. The highest BCUT2D eigenvalue weighted by molar-refractivity contribution is 6.06. The van der Waals surface area contributed by atoms with Crippen LogP contribution < -0.4 is 5.73 Å². The second kappa shape index (κ2) is 4.79. The molecule has 2 heterocycles. The van der Waals surface area contributed by atoms with E-state index < -0.39 is 6.10 Å². The summed E-state index contributed by atoms with van der Waals surface area (Å²) in [4.78, 5) is 8.60. The Morgan fingerprint density at radius 2 is 2.05 bits per heavy atom. The summed E-state index contributed by atoms with van der Waals surface area (Å²) in [7, 11) is 0. The van der Waals surface area contributed by atoms with Gasteiger partial charge in [-0.2, -0.15) is 0 Å². The Balaban J connectivity index is 2.01. The molecule has 1 aromatic carbocycles. The van der Waals surface area contributed by atoms with Crippen LogP contribution in [-0.2, 0) is 0 Å². The van der Waals surface area contributed by atoms with Gasteiger partial charge in [-0.25, -0.2) is 9.97 Å². The van der Waals surface area contributed by atoms with Crippen LogP contribution in [0.3, 0.4) is 0 Å². The predicted molar refractivity (Wildman–Crippen MR) is 81.9 cm³/mol. The maximum atomic E-state index is 10.5. The number of aliphatic hydroxyl groups excluding tert-OH is 1. The van der Waals surface area contributed by atoms with Crippen molar-refractivity contribution >= 4 is 21.9 Å². The smallest absolute Gasteiger partial charge is 0.144 e. The molecule has 0 bridgehead atoms. The lowest BCUT2D eigenvalue weighted by molar-refractivity contribution is 0.0604. The normalized spacial score (nSPS) is 26.5. The lowest BCUT2D eigenvalue weighted by atomic mass is 9.88. The quantitative estimate of drug-likeness (QED) is 0.715. The molecule has 5 heteroatoms. The first kappa shape index (κ1) is 12.7. The number of para-hydroxylation sites is 1. The van der Waals surface area contributed by atoms with Crippen molar-refractivity contribution in [2.75, 3.05) is 0 Å². The summed E-state index contributed by atoms with van der Waals surface area (Å²) in [5.41, 5.74) is 8.03. The number of nitrogens with two attached hydrogens (primary N) is 1. The molecule has 1 fully saturated rings. The second-order valence-corrected chi connectivity index (χ2v) is 5.80. The van der Waals surface area contributed by atoms with Crippen LogP contribution in [0.2, 0.25) is 0 Å². The minimum atomic E-state index is -0.535. The van der Waals surface area contributed by atoms with Crippen LogP contribution in [0.25, 0.3) is 21.9 Å². The average molecular weight is 282 g/mol. The van der Waals surface area contributed by atoms with Crippen LogP contribution >= 0.6 is 0 Å². The van der Waals surface area contributed by atoms with E-state index in [1.165, 1.54) is 0 Å². The second-order valence-electron chi connectivity index (χ2n) is 5.80. The number of benzene rings is 1. The third-order valence-electron chi connectivity index (χ3n) is 4.58. The van der Waals surface area contributed by atoms with Gasteiger partial charge in [-0.05, 0) is 25.3 Å². The molecule has 0 aliphatic heterocycles. The van der Waals surface area contributed by atoms with E-state index >= 15 is 0 Å². The van der Waals surface area contributed by atoms with Crippen LogP contribution in [0.5, 0.6) is 0 Å². The molecule has 0 radical (unpaired) electrons. The molecule has 3 atom stereocenters. The molecule has 4 rings (SSSR count). The van der Waals surface area contributed by atoms with Crippen molar-refractivity contribution in [1.29, 1.82) is 0 Å². The van der Waals surface area contributed by atoms with Crippen LogP contribution in [0.15, 0.2) is 36.8 Å². The van der Waals surface area contributed by atoms with E-state index in [2.05, 4.69) is 26.7 Å². The molecule has 1 aliphatic rings. The molecule has 108 valence electrons. The van der Waals surface area contributed by atoms with Gasteiger partial charge in [0.25, 0.3) is 0 Å². The third-order valence-corrected chi connectivity index (χ3v) is 4.58. The monoisotopic (exact) mass is 282 g/mol. The lowest BCUT2D eigenvalue weighted by Gasteiger charge is -2.34. The van der Waals surface area contributed by atoms with Crippen molar-refractivity contribution < 1.29 is 5.11 Å². The SMILES string of the molecule is N[C@@H]1CCC[C@H](n2c3ccccc3c3cncnc32)[C@H]1O. The van der Waals surface area contributed by atoms with Crippen LogP contribution in [0.1, 0.15) is 25.3 Å². The summed E-state index contributed by atoms with van der Waals surface area (Å²) in [6.45, 7) is 0. The Morgan fingerprint density at radius 1 is 1.19 bits per heavy atom. The predicted octanol–water partition coefficient (Wildman–Crippen LogP) is 2.00. The van der Waals surface area contributed by atoms with Gasteiger partial charge in [0, 0.05) is 23.0 Å². The molecule has 2 aromatic heterocycles. The Kier molecular flexibility index (Phi) is 2.90. The summed E-state index contributed by atoms with van der Waals surface area (Å²) < 4.78 is 2.15. The summed E-state index contributed by atoms with van der Waals surface area (Å²) in [5.74, 6) is 0. The van der Waals surface area contributed by atoms with Gasteiger partial charge in [0.15, 0.2) is 0 Å². The molecule has 0 saturated heterocycles. The van der Waals surface area contributed by atoms with Crippen molar-refractivity contribution in [2.45, 2.75) is 37.5 Å². The molecule has 3 aromatic rings. The van der Waals surface area contributed by atoms with Crippen LogP contribution in [0, 0.1) is 0 Å². The molecule has 5 nitrogen and oxygen atoms in total. The first-order valence-corrected chi connectivity index (χ1v) is 7.39. The summed E-state index contributed by atoms with van der Waals surface area (Å²) in [6.07, 6.45) is 5.70. The number of aromatic nitrogens is 3. The Bertz CT molecular complexity index is 744. The van der Waals surface area contributed by atoms with Gasteiger partial charge in [-0.15, -0.1) is 0 Å². The number of nitrogens with zero attached hydrogens (tertiary/aromatic N) is 3. The molecule has 1 aliphatic carbocycles. The highest BCUT2D eigenvalue weighted by atomic mass is 16.3. The first-order chi connectivity index (χ1) is 10.3. The molecular weight excluding hydrogens is 264 g/mol. The van der Waals surface area contributed by atoms with Gasteiger partial charge in [0.2, 0.25) is 0 Å². The standard InChI is InChI=1S/C16H18N4O/c17-12-5-3-7-14(15(12)21)20-13-6-2-1-4-10(13)11-8-18-9-19-16(11)20/h1-2,4,6,8-9,12,14-15,21H,3,5,7,17H2/t12-,14+,15+/m1/s1. The van der Waals surface area contributed by atoms with Crippen molar-refractivity contribution in [2.24, 2.45) is 5.73 Å². The zero-order chi connectivity index (χ0) is 14.4. The van der Waals surface area contributed by atoms with E-state index in [1.54, 1.807) is 6.33 Å². The van der Waals surface area contributed by atoms with Gasteiger partial charge in [-0.3, -0.25) is 0 Å². The molecule has 0 amide bonds. The van der Waals surface area contributed by atoms with Gasteiger partial charge in [-0.1, -0.05) is 18.2 Å². The maximum absolute atomic E-state index is 10.5. The number of hydrogen-bond acceptors (Lipinski definition) is 4. The highest BCUT2D eigenvalue weighted by Crippen LogP contribution is 2.36. The average Bonchev–Trinajstić information content (AvgIpc) is 2.85. The molecular formula is C16H18N4O. The zero-order valence-corrected chi connectivity index (χ0v) is 11.7. The number of aliphatic hydroxyl groups is 1. The number of hydrogen-bond donors (Lipinski definition) is 2. The molecule has 0 unspecified atom stereocenters. The Labute approximate surface area is 122 Å². The van der Waals surface area contributed by atoms with E-state index in [9.17, 15) is 5.11 Å². The molecule has 3 N–H and O–H groups in total. The first-order valence-electron chi connectivity index (χ1n) is 7.39. The zero-order valence-electron chi connectivity index (χ0n) is 11.7. The third kappa shape index (κ3) is 1.85. The largest absolute Gasteiger partial charge is 0.389 e. The van der Waals surface area contributed by atoms with Crippen molar-refractivity contribution in [3.05, 3.63) is 36.8 Å². The Morgan fingerprint density at radius 3 is 2.95 bits per heavy atom. The number of rotatable bonds is 1. The maximum Gasteiger partial charge on any atom is 0.144 e. The summed E-state index contributed by atoms with van der Waals surface area (Å²) >= 11 is 0. The topological polar surface area (TPSA) is 77.0 Å². The van der Waals surface area contributed by atoms with Crippen LogP contribution in [-0.4, -0.2) is 31.8 Å². The van der Waals surface area contributed by atoms with Gasteiger partial charge >= 0.3 is 0 Å². The van der Waals surface area contributed by atoms with E-state index in [0.717, 1.165) is 41.2 Å². The fraction of sp³-hybridized carbons (Fsp3) is 0.375. The summed E-state index contributed by atoms with van der Waals surface area (Å²) in [6, 6.07) is 7.99. The minimum absolute atomic E-state index is 0.0222. The van der Waals surface area contributed by atoms with E-state index in [0.29, 0.717) is 0 Å². The van der Waals surface area contributed by atoms with Crippen molar-refractivity contribution in [3.63, 3.8) is 0 Å². The van der Waals surface area contributed by atoms with Gasteiger partial charge in [0.1, 0.15) is 12.0 Å². The fourth-order valence-corrected chi connectivity index (χ4v) is 3.54. The van der Waals surface area contributed by atoms with Crippen molar-refractivity contribution in [3.8, 4) is 0 Å².